The van der Waals surface area contributed by atoms with Gasteiger partial charge in [0, 0.05) is 13.1 Å². The van der Waals surface area contributed by atoms with Crippen molar-refractivity contribution < 1.29 is 14.7 Å². The summed E-state index contributed by atoms with van der Waals surface area (Å²) < 4.78 is 0. The van der Waals surface area contributed by atoms with E-state index in [2.05, 4.69) is 11.2 Å². The number of terminal acetylenes is 1. The van der Waals surface area contributed by atoms with E-state index in [0.29, 0.717) is 19.4 Å². The van der Waals surface area contributed by atoms with E-state index in [1.807, 2.05) is 6.92 Å². The van der Waals surface area contributed by atoms with Crippen LogP contribution in [0.3, 0.4) is 0 Å². The molecule has 2 unspecified atom stereocenters. The van der Waals surface area contributed by atoms with Crippen LogP contribution in [0, 0.1) is 17.8 Å². The molecular weight excluding hydrogens is 220 g/mol. The number of nitrogens with zero attached hydrogens (tertiary/aromatic N) is 1. The van der Waals surface area contributed by atoms with Crippen LogP contribution in [0.1, 0.15) is 26.7 Å². The molecule has 0 spiro atoms. The number of rotatable bonds is 3. The van der Waals surface area contributed by atoms with Crippen molar-refractivity contribution in [2.24, 2.45) is 5.41 Å². The van der Waals surface area contributed by atoms with Crippen LogP contribution in [0.15, 0.2) is 0 Å². The van der Waals surface area contributed by atoms with E-state index in [1.165, 1.54) is 4.90 Å². The highest BCUT2D eigenvalue weighted by molar-refractivity contribution is 5.80. The Kier molecular flexibility index (Phi) is 4.00. The summed E-state index contributed by atoms with van der Waals surface area (Å²) in [6.07, 6.45) is 6.19. The number of carboxylic acids is 1. The van der Waals surface area contributed by atoms with Crippen molar-refractivity contribution in [1.29, 1.82) is 0 Å². The van der Waals surface area contributed by atoms with Gasteiger partial charge in [0.25, 0.3) is 0 Å². The molecule has 5 heteroatoms. The second kappa shape index (κ2) is 5.09. The number of carboxylic acid groups (broad SMARTS) is 1. The molecule has 0 aromatic carbocycles. The normalized spacial score (nSPS) is 25.1. The minimum Gasteiger partial charge on any atom is -0.481 e. The number of likely N-dealkylation sites (tertiary alicyclic amines) is 1. The Hall–Kier alpha value is -1.70. The van der Waals surface area contributed by atoms with Gasteiger partial charge in [0.15, 0.2) is 0 Å². The van der Waals surface area contributed by atoms with Crippen LogP contribution >= 0.6 is 0 Å². The lowest BCUT2D eigenvalue weighted by Crippen LogP contribution is -2.44. The van der Waals surface area contributed by atoms with Gasteiger partial charge in [0.1, 0.15) is 0 Å². The third kappa shape index (κ3) is 2.70. The van der Waals surface area contributed by atoms with Gasteiger partial charge < -0.3 is 15.3 Å². The van der Waals surface area contributed by atoms with E-state index in [-0.39, 0.29) is 18.6 Å². The average molecular weight is 238 g/mol. The number of carbonyl (C=O) groups is 2. The molecule has 1 rings (SSSR count). The number of carbonyl (C=O) groups excluding carboxylic acids is 1. The zero-order chi connectivity index (χ0) is 13.1. The predicted octanol–water partition coefficient (Wildman–Crippen LogP) is 0.904. The summed E-state index contributed by atoms with van der Waals surface area (Å²) >= 11 is 0. The zero-order valence-electron chi connectivity index (χ0n) is 10.2. The van der Waals surface area contributed by atoms with Crippen molar-refractivity contribution in [3.05, 3.63) is 0 Å². The van der Waals surface area contributed by atoms with Gasteiger partial charge in [-0.25, -0.2) is 4.79 Å². The summed E-state index contributed by atoms with van der Waals surface area (Å²) in [6, 6.07) is -0.629. The van der Waals surface area contributed by atoms with Crippen molar-refractivity contribution in [1.82, 2.24) is 10.2 Å². The van der Waals surface area contributed by atoms with Crippen LogP contribution in [-0.2, 0) is 4.79 Å². The van der Waals surface area contributed by atoms with E-state index >= 15 is 0 Å². The summed E-state index contributed by atoms with van der Waals surface area (Å²) in [4.78, 5) is 24.5. The molecule has 1 fully saturated rings. The Bertz CT molecular complexity index is 361. The fourth-order valence-electron chi connectivity index (χ4n) is 1.98. The average Bonchev–Trinajstić information content (AvgIpc) is 2.74. The maximum absolute atomic E-state index is 11.8. The van der Waals surface area contributed by atoms with E-state index in [4.69, 9.17) is 6.42 Å². The second-order valence-electron chi connectivity index (χ2n) is 4.45. The fourth-order valence-corrected chi connectivity index (χ4v) is 1.98. The van der Waals surface area contributed by atoms with Gasteiger partial charge in [-0.1, -0.05) is 12.8 Å². The lowest BCUT2D eigenvalue weighted by Gasteiger charge is -2.23. The molecule has 0 aromatic rings. The maximum atomic E-state index is 11.8. The molecular formula is C12H18N2O3. The highest BCUT2D eigenvalue weighted by Crippen LogP contribution is 2.34. The highest BCUT2D eigenvalue weighted by atomic mass is 16.4. The molecule has 2 N–H and O–H groups in total. The summed E-state index contributed by atoms with van der Waals surface area (Å²) in [7, 11) is 0. The molecule has 1 heterocycles. The number of amides is 2. The lowest BCUT2D eigenvalue weighted by molar-refractivity contribution is -0.148. The molecule has 0 saturated carbocycles. The van der Waals surface area contributed by atoms with E-state index < -0.39 is 11.4 Å². The van der Waals surface area contributed by atoms with Gasteiger partial charge in [0.05, 0.1) is 11.5 Å². The van der Waals surface area contributed by atoms with Crippen LogP contribution in [-0.4, -0.2) is 41.1 Å². The van der Waals surface area contributed by atoms with E-state index in [0.717, 1.165) is 0 Å². The standard InChI is InChI=1S/C12H18N2O3/c1-4-9(3)13-11(17)14-7-6-12(5-2,8-14)10(15)16/h1,9H,5-8H2,2-3H3,(H,13,17)(H,15,16). The minimum absolute atomic E-state index is 0.252. The minimum atomic E-state index is -0.833. The van der Waals surface area contributed by atoms with Crippen LogP contribution in [0.2, 0.25) is 0 Å². The van der Waals surface area contributed by atoms with Crippen molar-refractivity contribution in [2.45, 2.75) is 32.7 Å². The number of aliphatic carboxylic acids is 1. The van der Waals surface area contributed by atoms with Gasteiger partial charge >= 0.3 is 12.0 Å². The number of nitrogens with one attached hydrogen (secondary N) is 1. The van der Waals surface area contributed by atoms with Gasteiger partial charge in [-0.3, -0.25) is 4.79 Å². The first-order valence-electron chi connectivity index (χ1n) is 5.70. The molecule has 1 aliphatic heterocycles. The van der Waals surface area contributed by atoms with Gasteiger partial charge in [0.2, 0.25) is 0 Å². The molecule has 1 saturated heterocycles. The van der Waals surface area contributed by atoms with Crippen LogP contribution in [0.25, 0.3) is 0 Å². The summed E-state index contributed by atoms with van der Waals surface area (Å²) in [6.45, 7) is 4.25. The smallest absolute Gasteiger partial charge is 0.318 e. The Balaban J connectivity index is 2.64. The Morgan fingerprint density at radius 2 is 2.29 bits per heavy atom. The first kappa shape index (κ1) is 13.4. The monoisotopic (exact) mass is 238 g/mol. The van der Waals surface area contributed by atoms with E-state index in [1.54, 1.807) is 6.92 Å². The molecule has 2 amide bonds. The molecule has 0 radical (unpaired) electrons. The first-order chi connectivity index (χ1) is 7.95. The molecule has 2 atom stereocenters. The summed E-state index contributed by atoms with van der Waals surface area (Å²) in [5.74, 6) is 1.57. The second-order valence-corrected chi connectivity index (χ2v) is 4.45. The van der Waals surface area contributed by atoms with Crippen molar-refractivity contribution in [3.8, 4) is 12.3 Å². The van der Waals surface area contributed by atoms with Crippen molar-refractivity contribution in [2.75, 3.05) is 13.1 Å². The van der Waals surface area contributed by atoms with Crippen LogP contribution < -0.4 is 5.32 Å². The summed E-state index contributed by atoms with van der Waals surface area (Å²) in [5.41, 5.74) is -0.795. The first-order valence-corrected chi connectivity index (χ1v) is 5.70. The lowest BCUT2D eigenvalue weighted by atomic mass is 9.84. The van der Waals surface area contributed by atoms with E-state index in [9.17, 15) is 14.7 Å². The molecule has 0 aliphatic carbocycles. The highest BCUT2D eigenvalue weighted by Gasteiger charge is 2.44. The Morgan fingerprint density at radius 3 is 2.71 bits per heavy atom. The van der Waals surface area contributed by atoms with Gasteiger partial charge in [-0.2, -0.15) is 0 Å². The predicted molar refractivity (Wildman–Crippen MR) is 63.4 cm³/mol. The Morgan fingerprint density at radius 1 is 1.65 bits per heavy atom. The Labute approximate surface area is 101 Å². The van der Waals surface area contributed by atoms with Crippen LogP contribution in [0.5, 0.6) is 0 Å². The largest absolute Gasteiger partial charge is 0.481 e. The third-order valence-corrected chi connectivity index (χ3v) is 3.36. The van der Waals surface area contributed by atoms with Gasteiger partial charge in [-0.05, 0) is 19.8 Å². The summed E-state index contributed by atoms with van der Waals surface area (Å²) in [5, 5.41) is 11.8. The quantitative estimate of drug-likeness (QED) is 0.718. The zero-order valence-corrected chi connectivity index (χ0v) is 10.2. The topological polar surface area (TPSA) is 69.6 Å². The molecule has 17 heavy (non-hydrogen) atoms. The number of hydrogen-bond acceptors (Lipinski definition) is 2. The SMILES string of the molecule is C#CC(C)NC(=O)N1CCC(CC)(C(=O)O)C1. The number of urea groups is 1. The number of hydrogen-bond donors (Lipinski definition) is 2. The molecule has 5 nitrogen and oxygen atoms in total. The molecule has 94 valence electrons. The van der Waals surface area contributed by atoms with Crippen molar-refractivity contribution in [3.63, 3.8) is 0 Å². The van der Waals surface area contributed by atoms with Gasteiger partial charge in [-0.15, -0.1) is 6.42 Å². The van der Waals surface area contributed by atoms with Crippen molar-refractivity contribution >= 4 is 12.0 Å². The van der Waals surface area contributed by atoms with Crippen LogP contribution in [0.4, 0.5) is 4.79 Å². The third-order valence-electron chi connectivity index (χ3n) is 3.36. The molecule has 0 bridgehead atoms. The molecule has 0 aromatic heterocycles. The maximum Gasteiger partial charge on any atom is 0.318 e. The fraction of sp³-hybridized carbons (Fsp3) is 0.667. The molecule has 1 aliphatic rings.